The molecule has 8 nitrogen and oxygen atoms in total. The predicted octanol–water partition coefficient (Wildman–Crippen LogP) is 1.57. The van der Waals surface area contributed by atoms with Crippen molar-refractivity contribution in [1.29, 1.82) is 0 Å². The van der Waals surface area contributed by atoms with Gasteiger partial charge in [0.25, 0.3) is 11.5 Å². The topological polar surface area (TPSA) is 99.0 Å². The van der Waals surface area contributed by atoms with Gasteiger partial charge in [0.2, 0.25) is 0 Å². The number of para-hydroxylation sites is 1. The molecule has 1 aromatic carbocycles. The highest BCUT2D eigenvalue weighted by molar-refractivity contribution is 5.98. The maximum atomic E-state index is 12.3. The fourth-order valence-corrected chi connectivity index (χ4v) is 2.57. The van der Waals surface area contributed by atoms with E-state index in [2.05, 4.69) is 10.3 Å². The van der Waals surface area contributed by atoms with Crippen LogP contribution in [-0.2, 0) is 16.1 Å². The number of benzene rings is 1. The molecule has 28 heavy (non-hydrogen) atoms. The molecule has 3 rings (SSSR count). The smallest absolute Gasteiger partial charge is 0.325 e. The molecule has 144 valence electrons. The number of rotatable bonds is 7. The summed E-state index contributed by atoms with van der Waals surface area (Å²) in [6, 6.07) is 13.2. The molecule has 0 bridgehead atoms. The average molecular weight is 381 g/mol. The van der Waals surface area contributed by atoms with E-state index in [0.29, 0.717) is 29.3 Å². The van der Waals surface area contributed by atoms with Crippen LogP contribution in [0.25, 0.3) is 5.65 Å². The third-order valence-corrected chi connectivity index (χ3v) is 3.83. The summed E-state index contributed by atoms with van der Waals surface area (Å²) in [6.07, 6.45) is 1.61. The van der Waals surface area contributed by atoms with E-state index in [4.69, 9.17) is 9.47 Å². The van der Waals surface area contributed by atoms with Crippen LogP contribution >= 0.6 is 0 Å². The zero-order chi connectivity index (χ0) is 19.9. The molecule has 2 heterocycles. The van der Waals surface area contributed by atoms with Crippen molar-refractivity contribution < 1.29 is 19.1 Å². The Labute approximate surface area is 160 Å². The van der Waals surface area contributed by atoms with Crippen LogP contribution in [0.5, 0.6) is 5.75 Å². The number of carbonyl (C=O) groups excluding carboxylic acids is 2. The number of hydrogen-bond acceptors (Lipinski definition) is 6. The molecule has 0 saturated heterocycles. The summed E-state index contributed by atoms with van der Waals surface area (Å²) >= 11 is 0. The summed E-state index contributed by atoms with van der Waals surface area (Å²) in [5, 5.41) is 2.50. The lowest BCUT2D eigenvalue weighted by Gasteiger charge is -2.10. The first-order chi connectivity index (χ1) is 13.6. The molecular weight excluding hydrogens is 362 g/mol. The minimum atomic E-state index is -0.641. The number of fused-ring (bicyclic) bond motifs is 1. The zero-order valence-corrected chi connectivity index (χ0v) is 15.3. The Hall–Kier alpha value is -3.68. The van der Waals surface area contributed by atoms with Crippen molar-refractivity contribution in [1.82, 2.24) is 14.7 Å². The second-order valence-corrected chi connectivity index (χ2v) is 5.79. The van der Waals surface area contributed by atoms with Gasteiger partial charge in [-0.1, -0.05) is 18.2 Å². The van der Waals surface area contributed by atoms with Gasteiger partial charge in [0.1, 0.15) is 24.5 Å². The zero-order valence-electron chi connectivity index (χ0n) is 15.3. The Morgan fingerprint density at radius 2 is 1.93 bits per heavy atom. The maximum absolute atomic E-state index is 12.3. The third kappa shape index (κ3) is 4.53. The van der Waals surface area contributed by atoms with E-state index in [1.807, 2.05) is 6.92 Å². The number of carbonyl (C=O) groups is 2. The van der Waals surface area contributed by atoms with Gasteiger partial charge in [0.05, 0.1) is 17.9 Å². The fourth-order valence-electron chi connectivity index (χ4n) is 2.57. The van der Waals surface area contributed by atoms with Crippen molar-refractivity contribution in [3.8, 4) is 5.75 Å². The van der Waals surface area contributed by atoms with Gasteiger partial charge in [-0.2, -0.15) is 0 Å². The number of amides is 1. The Morgan fingerprint density at radius 1 is 1.14 bits per heavy atom. The molecule has 3 aromatic rings. The second-order valence-electron chi connectivity index (χ2n) is 5.79. The first-order valence-corrected chi connectivity index (χ1v) is 8.71. The SMILES string of the molecule is CCOc1ccccc1C(=O)NCC(=O)OCc1cc(=O)n2ccccc2n1. The summed E-state index contributed by atoms with van der Waals surface area (Å²) in [5.74, 6) is -0.642. The van der Waals surface area contributed by atoms with Gasteiger partial charge in [-0.05, 0) is 31.2 Å². The average Bonchev–Trinajstić information content (AvgIpc) is 2.71. The lowest BCUT2D eigenvalue weighted by molar-refractivity contribution is -0.143. The van der Waals surface area contributed by atoms with E-state index in [1.54, 1.807) is 48.7 Å². The Bertz CT molecular complexity index is 1060. The van der Waals surface area contributed by atoms with Crippen molar-refractivity contribution in [3.05, 3.63) is 76.3 Å². The number of nitrogens with zero attached hydrogens (tertiary/aromatic N) is 2. The highest BCUT2D eigenvalue weighted by Gasteiger charge is 2.14. The summed E-state index contributed by atoms with van der Waals surface area (Å²) in [6.45, 7) is 1.76. The molecule has 0 spiro atoms. The summed E-state index contributed by atoms with van der Waals surface area (Å²) in [4.78, 5) is 40.5. The molecule has 0 radical (unpaired) electrons. The van der Waals surface area contributed by atoms with Crippen LogP contribution in [0.15, 0.2) is 59.5 Å². The van der Waals surface area contributed by atoms with Crippen LogP contribution in [0.4, 0.5) is 0 Å². The maximum Gasteiger partial charge on any atom is 0.325 e. The van der Waals surface area contributed by atoms with Crippen LogP contribution < -0.4 is 15.6 Å². The van der Waals surface area contributed by atoms with Gasteiger partial charge >= 0.3 is 5.97 Å². The Kier molecular flexibility index (Phi) is 6.01. The minimum Gasteiger partial charge on any atom is -0.493 e. The van der Waals surface area contributed by atoms with Crippen molar-refractivity contribution in [2.24, 2.45) is 0 Å². The largest absolute Gasteiger partial charge is 0.493 e. The molecule has 2 aromatic heterocycles. The standard InChI is InChI=1S/C20H19N3O5/c1-2-27-16-8-4-3-7-15(16)20(26)21-12-19(25)28-13-14-11-18(24)23-10-6-5-9-17(23)22-14/h3-11H,2,12-13H2,1H3,(H,21,26). The first-order valence-electron chi connectivity index (χ1n) is 8.71. The van der Waals surface area contributed by atoms with E-state index >= 15 is 0 Å². The fraction of sp³-hybridized carbons (Fsp3) is 0.200. The second kappa shape index (κ2) is 8.81. The van der Waals surface area contributed by atoms with Gasteiger partial charge in [-0.25, -0.2) is 4.98 Å². The van der Waals surface area contributed by atoms with Gasteiger partial charge in [-0.3, -0.25) is 18.8 Å². The molecule has 0 fully saturated rings. The van der Waals surface area contributed by atoms with Crippen LogP contribution in [0.1, 0.15) is 23.0 Å². The number of esters is 1. The number of pyridine rings is 1. The molecule has 0 saturated carbocycles. The van der Waals surface area contributed by atoms with Crippen LogP contribution in [0.3, 0.4) is 0 Å². The lowest BCUT2D eigenvalue weighted by atomic mass is 10.2. The Balaban J connectivity index is 1.57. The van der Waals surface area contributed by atoms with E-state index in [1.165, 1.54) is 10.5 Å². The van der Waals surface area contributed by atoms with E-state index in [9.17, 15) is 14.4 Å². The van der Waals surface area contributed by atoms with Crippen molar-refractivity contribution >= 4 is 17.5 Å². The van der Waals surface area contributed by atoms with Crippen LogP contribution in [-0.4, -0.2) is 34.4 Å². The molecule has 0 aliphatic carbocycles. The summed E-state index contributed by atoms with van der Waals surface area (Å²) in [7, 11) is 0. The number of aromatic nitrogens is 2. The summed E-state index contributed by atoms with van der Waals surface area (Å²) < 4.78 is 11.9. The minimum absolute atomic E-state index is 0.162. The monoisotopic (exact) mass is 381 g/mol. The number of ether oxygens (including phenoxy) is 2. The van der Waals surface area contributed by atoms with Crippen LogP contribution in [0, 0.1) is 0 Å². The number of hydrogen-bond donors (Lipinski definition) is 1. The molecule has 0 unspecified atom stereocenters. The molecule has 1 N–H and O–H groups in total. The molecule has 0 aliphatic heterocycles. The van der Waals surface area contributed by atoms with Gasteiger partial charge in [0, 0.05) is 12.3 Å². The van der Waals surface area contributed by atoms with Crippen molar-refractivity contribution in [3.63, 3.8) is 0 Å². The predicted molar refractivity (Wildman–Crippen MR) is 101 cm³/mol. The van der Waals surface area contributed by atoms with Gasteiger partial charge < -0.3 is 14.8 Å². The third-order valence-electron chi connectivity index (χ3n) is 3.83. The quantitative estimate of drug-likeness (QED) is 0.624. The Morgan fingerprint density at radius 3 is 2.75 bits per heavy atom. The van der Waals surface area contributed by atoms with Crippen molar-refractivity contribution in [2.75, 3.05) is 13.2 Å². The number of nitrogens with one attached hydrogen (secondary N) is 1. The van der Waals surface area contributed by atoms with E-state index < -0.39 is 11.9 Å². The van der Waals surface area contributed by atoms with Gasteiger partial charge in [0.15, 0.2) is 0 Å². The summed E-state index contributed by atoms with van der Waals surface area (Å²) in [5.41, 5.74) is 0.860. The molecule has 1 amide bonds. The van der Waals surface area contributed by atoms with Crippen molar-refractivity contribution in [2.45, 2.75) is 13.5 Å². The molecular formula is C20H19N3O5. The molecule has 0 atom stereocenters. The molecule has 8 heteroatoms. The normalized spacial score (nSPS) is 10.5. The van der Waals surface area contributed by atoms with Crippen LogP contribution in [0.2, 0.25) is 0 Å². The molecule has 0 aliphatic rings. The highest BCUT2D eigenvalue weighted by atomic mass is 16.5. The first kappa shape index (κ1) is 19.1. The van der Waals surface area contributed by atoms with Gasteiger partial charge in [-0.15, -0.1) is 0 Å². The highest BCUT2D eigenvalue weighted by Crippen LogP contribution is 2.17. The lowest BCUT2D eigenvalue weighted by Crippen LogP contribution is -2.31. The van der Waals surface area contributed by atoms with E-state index in [-0.39, 0.29) is 18.7 Å². The van der Waals surface area contributed by atoms with E-state index in [0.717, 1.165) is 0 Å².